The fraction of sp³-hybridized carbons (Fsp3) is 0.381. The van der Waals surface area contributed by atoms with Gasteiger partial charge in [0.25, 0.3) is 0 Å². The van der Waals surface area contributed by atoms with Gasteiger partial charge < -0.3 is 14.2 Å². The maximum atomic E-state index is 11.7. The molecule has 0 saturated heterocycles. The van der Waals surface area contributed by atoms with E-state index < -0.39 is 11.2 Å². The van der Waals surface area contributed by atoms with Crippen LogP contribution in [0.25, 0.3) is 0 Å². The Morgan fingerprint density at radius 2 is 2.14 bits per heavy atom. The van der Waals surface area contributed by atoms with Crippen LogP contribution in [0.2, 0.25) is 5.02 Å². The first kappa shape index (κ1) is 20.1. The van der Waals surface area contributed by atoms with Gasteiger partial charge in [0.1, 0.15) is 17.0 Å². The van der Waals surface area contributed by atoms with Gasteiger partial charge in [0.2, 0.25) is 0 Å². The number of aromatic nitrogens is 1. The lowest BCUT2D eigenvalue weighted by Crippen LogP contribution is -2.31. The van der Waals surface area contributed by atoms with Crippen LogP contribution in [0.1, 0.15) is 30.4 Å². The van der Waals surface area contributed by atoms with Crippen LogP contribution in [0.15, 0.2) is 45.9 Å². The van der Waals surface area contributed by atoms with Gasteiger partial charge in [-0.25, -0.2) is 4.98 Å². The van der Waals surface area contributed by atoms with Gasteiger partial charge in [0.15, 0.2) is 0 Å². The molecule has 1 aromatic heterocycles. The van der Waals surface area contributed by atoms with E-state index in [2.05, 4.69) is 33.0 Å². The Labute approximate surface area is 182 Å². The molecule has 1 spiro atoms. The van der Waals surface area contributed by atoms with E-state index in [4.69, 9.17) is 21.3 Å². The molecule has 2 atom stereocenters. The summed E-state index contributed by atoms with van der Waals surface area (Å²) in [5.74, 6) is 1.81. The van der Waals surface area contributed by atoms with Crippen LogP contribution in [0.4, 0.5) is 5.82 Å². The summed E-state index contributed by atoms with van der Waals surface area (Å²) in [6, 6.07) is 8.14. The van der Waals surface area contributed by atoms with E-state index in [1.165, 1.54) is 11.1 Å². The summed E-state index contributed by atoms with van der Waals surface area (Å²) in [5, 5.41) is 2.65. The first-order chi connectivity index (χ1) is 13.4. The zero-order valence-corrected chi connectivity index (χ0v) is 19.0. The second-order valence-electron chi connectivity index (χ2n) is 7.55. The van der Waals surface area contributed by atoms with Gasteiger partial charge in [0.05, 0.1) is 22.9 Å². The predicted octanol–water partition coefficient (Wildman–Crippen LogP) is 5.21. The Kier molecular flexibility index (Phi) is 5.67. The Morgan fingerprint density at radius 3 is 2.82 bits per heavy atom. The molecule has 0 amide bonds. The third-order valence-electron chi connectivity index (χ3n) is 5.63. The molecule has 1 aliphatic heterocycles. The fourth-order valence-electron chi connectivity index (χ4n) is 4.46. The Balaban J connectivity index is 1.69. The molecule has 1 saturated carbocycles. The highest BCUT2D eigenvalue weighted by Crippen LogP contribution is 2.55. The van der Waals surface area contributed by atoms with Crippen molar-refractivity contribution in [2.75, 3.05) is 24.8 Å². The van der Waals surface area contributed by atoms with E-state index in [1.807, 2.05) is 17.5 Å². The molecule has 0 N–H and O–H groups in total. The van der Waals surface area contributed by atoms with Gasteiger partial charge in [-0.15, -0.1) is 0 Å². The molecule has 0 radical (unpaired) electrons. The molecule has 2 aliphatic rings. The lowest BCUT2D eigenvalue weighted by molar-refractivity contribution is 0.414. The molecule has 2 heterocycles. The minimum Gasteiger partial charge on any atom is -0.612 e. The third-order valence-corrected chi connectivity index (χ3v) is 7.52. The molecule has 1 fully saturated rings. The molecule has 0 bridgehead atoms. The first-order valence-corrected chi connectivity index (χ1v) is 12.0. The highest BCUT2D eigenvalue weighted by molar-refractivity contribution is 9.10. The minimum atomic E-state index is -0.929. The first-order valence-electron chi connectivity index (χ1n) is 9.16. The topological polar surface area (TPSA) is 48.4 Å². The summed E-state index contributed by atoms with van der Waals surface area (Å²) in [7, 11) is 1.67. The Morgan fingerprint density at radius 1 is 1.39 bits per heavy atom. The number of allylic oxidation sites excluding steroid dienone is 1. The highest BCUT2D eigenvalue weighted by Gasteiger charge is 2.49. The molecule has 28 heavy (non-hydrogen) atoms. The van der Waals surface area contributed by atoms with Crippen molar-refractivity contribution >= 4 is 44.5 Å². The molecule has 4 rings (SSSR count). The average molecular weight is 482 g/mol. The van der Waals surface area contributed by atoms with Gasteiger partial charge in [-0.3, -0.25) is 0 Å². The van der Waals surface area contributed by atoms with Crippen LogP contribution < -0.4 is 9.64 Å². The minimum absolute atomic E-state index is 0.0686. The molecular weight excluding hydrogens is 460 g/mol. The van der Waals surface area contributed by atoms with Gasteiger partial charge in [-0.05, 0) is 69.6 Å². The number of pyridine rings is 1. The van der Waals surface area contributed by atoms with E-state index in [-0.39, 0.29) is 5.41 Å². The highest BCUT2D eigenvalue weighted by atomic mass is 79.9. The number of halogens is 2. The molecular formula is C21H22BrClN2O2S. The molecule has 7 heteroatoms. The van der Waals surface area contributed by atoms with Crippen molar-refractivity contribution in [3.63, 3.8) is 0 Å². The number of hydrogen-bond acceptors (Lipinski definition) is 4. The number of methoxy groups -OCH3 is 1. The number of hydrogen-bond donors (Lipinski definition) is 0. The van der Waals surface area contributed by atoms with Crippen LogP contribution >= 0.6 is 27.5 Å². The summed E-state index contributed by atoms with van der Waals surface area (Å²) in [6.45, 7) is 1.63. The number of anilines is 1. The lowest BCUT2D eigenvalue weighted by atomic mass is 9.81. The number of rotatable bonds is 4. The summed E-state index contributed by atoms with van der Waals surface area (Å²) < 4.78 is 17.8. The van der Waals surface area contributed by atoms with Gasteiger partial charge in [-0.2, -0.15) is 0 Å². The molecule has 2 unspecified atom stereocenters. The van der Waals surface area contributed by atoms with E-state index in [1.54, 1.807) is 19.6 Å². The van der Waals surface area contributed by atoms with E-state index >= 15 is 0 Å². The van der Waals surface area contributed by atoms with Crippen LogP contribution in [-0.2, 0) is 23.1 Å². The zero-order valence-electron chi connectivity index (χ0n) is 15.9. The molecule has 148 valence electrons. The van der Waals surface area contributed by atoms with Crippen molar-refractivity contribution in [2.24, 2.45) is 0 Å². The van der Waals surface area contributed by atoms with Crippen molar-refractivity contribution in [1.82, 2.24) is 4.98 Å². The average Bonchev–Trinajstić information content (AvgIpc) is 3.19. The van der Waals surface area contributed by atoms with Crippen molar-refractivity contribution < 1.29 is 9.29 Å². The SMILES string of the molecule is COc1ccc(CN2CC3(CC/C(=C\[S+](C)[O-])C3)c3c2ncc(Br)c3Cl)cc1. The zero-order chi connectivity index (χ0) is 19.9. The van der Waals surface area contributed by atoms with Crippen LogP contribution in [0.5, 0.6) is 5.75 Å². The smallest absolute Gasteiger partial charge is 0.134 e. The van der Waals surface area contributed by atoms with Crippen LogP contribution in [0.3, 0.4) is 0 Å². The number of fused-ring (bicyclic) bond motifs is 2. The maximum Gasteiger partial charge on any atom is 0.134 e. The third kappa shape index (κ3) is 3.67. The summed E-state index contributed by atoms with van der Waals surface area (Å²) in [5.41, 5.74) is 3.52. The number of ether oxygens (including phenoxy) is 1. The van der Waals surface area contributed by atoms with Crippen LogP contribution in [-0.4, -0.2) is 29.4 Å². The number of benzene rings is 1. The number of nitrogens with zero attached hydrogens (tertiary/aromatic N) is 2. The maximum absolute atomic E-state index is 11.7. The molecule has 1 aliphatic carbocycles. The second-order valence-corrected chi connectivity index (χ2v) is 10.0. The second kappa shape index (κ2) is 7.90. The largest absolute Gasteiger partial charge is 0.612 e. The monoisotopic (exact) mass is 480 g/mol. The van der Waals surface area contributed by atoms with E-state index in [0.717, 1.165) is 59.0 Å². The van der Waals surface area contributed by atoms with Crippen molar-refractivity contribution in [3.05, 3.63) is 62.1 Å². The fourth-order valence-corrected chi connectivity index (χ4v) is 5.77. The Hall–Kier alpha value is -1.21. The van der Waals surface area contributed by atoms with Gasteiger partial charge in [0, 0.05) is 30.3 Å². The molecule has 4 nitrogen and oxygen atoms in total. The molecule has 2 aromatic rings. The lowest BCUT2D eigenvalue weighted by Gasteiger charge is -2.25. The van der Waals surface area contributed by atoms with Crippen molar-refractivity contribution in [3.8, 4) is 5.75 Å². The predicted molar refractivity (Wildman–Crippen MR) is 119 cm³/mol. The standard InChI is InChI=1S/C21H22BrClN2O2S/c1-27-16-5-3-14(4-6-16)11-25-13-21(8-7-15(9-21)12-28(2)26)18-19(23)17(22)10-24-20(18)25/h3-6,10,12H,7-9,11,13H2,1-2H3/b15-12+. The summed E-state index contributed by atoms with van der Waals surface area (Å²) in [6.07, 6.45) is 6.35. The Bertz CT molecular complexity index is 919. The summed E-state index contributed by atoms with van der Waals surface area (Å²) >= 11 is 9.38. The van der Waals surface area contributed by atoms with E-state index in [9.17, 15) is 4.55 Å². The normalized spacial score (nSPS) is 23.5. The quantitative estimate of drug-likeness (QED) is 0.562. The van der Waals surface area contributed by atoms with E-state index in [0.29, 0.717) is 0 Å². The van der Waals surface area contributed by atoms with Gasteiger partial charge >= 0.3 is 0 Å². The molecule has 1 aromatic carbocycles. The summed E-state index contributed by atoms with van der Waals surface area (Å²) in [4.78, 5) is 7.05. The van der Waals surface area contributed by atoms with Crippen molar-refractivity contribution in [1.29, 1.82) is 0 Å². The van der Waals surface area contributed by atoms with Crippen LogP contribution in [0, 0.1) is 0 Å². The van der Waals surface area contributed by atoms with Gasteiger partial charge in [-0.1, -0.05) is 23.7 Å². The van der Waals surface area contributed by atoms with Crippen molar-refractivity contribution in [2.45, 2.75) is 31.2 Å².